The third kappa shape index (κ3) is 4.48. The van der Waals surface area contributed by atoms with Gasteiger partial charge in [0.2, 0.25) is 5.89 Å². The average Bonchev–Trinajstić information content (AvgIpc) is 3.15. The lowest BCUT2D eigenvalue weighted by Gasteiger charge is -2.28. The molecule has 2 aromatic rings. The molecule has 0 aliphatic carbocycles. The molecule has 142 valence electrons. The zero-order valence-electron chi connectivity index (χ0n) is 15.0. The Hall–Kier alpha value is -2.81. The summed E-state index contributed by atoms with van der Waals surface area (Å²) >= 11 is 1.25. The molecule has 0 saturated carbocycles. The molecule has 2 amide bonds. The Labute approximate surface area is 160 Å². The predicted molar refractivity (Wildman–Crippen MR) is 99.9 cm³/mol. The third-order valence-electron chi connectivity index (χ3n) is 3.91. The molecule has 9 heteroatoms. The first-order valence-electron chi connectivity index (χ1n) is 8.61. The molecule has 0 bridgehead atoms. The Morgan fingerprint density at radius 3 is 2.74 bits per heavy atom. The van der Waals surface area contributed by atoms with Crippen LogP contribution < -0.4 is 10.6 Å². The van der Waals surface area contributed by atoms with E-state index in [1.54, 1.807) is 6.92 Å². The van der Waals surface area contributed by atoms with Gasteiger partial charge in [-0.2, -0.15) is 0 Å². The number of nitrogens with one attached hydrogen (secondary N) is 2. The van der Waals surface area contributed by atoms with E-state index in [9.17, 15) is 9.59 Å². The van der Waals surface area contributed by atoms with Gasteiger partial charge in [0, 0.05) is 17.0 Å². The minimum atomic E-state index is -0.442. The number of aromatic nitrogens is 2. The van der Waals surface area contributed by atoms with Crippen LogP contribution in [0.2, 0.25) is 0 Å². The van der Waals surface area contributed by atoms with Crippen LogP contribution in [0, 0.1) is 0 Å². The number of carbonyl (C=O) groups excluding carboxylic acids is 2. The van der Waals surface area contributed by atoms with Crippen molar-refractivity contribution in [3.8, 4) is 11.5 Å². The van der Waals surface area contributed by atoms with Crippen LogP contribution in [0.15, 0.2) is 51.2 Å². The summed E-state index contributed by atoms with van der Waals surface area (Å²) in [5, 5.41) is 13.8. The number of thioether (sulfide) groups is 1. The largest absolute Gasteiger partial charge is 0.463 e. The smallest absolute Gasteiger partial charge is 0.337 e. The zero-order chi connectivity index (χ0) is 19.2. The molecule has 0 radical (unpaired) electrons. The molecular formula is C18H20N4O4S. The number of amides is 2. The summed E-state index contributed by atoms with van der Waals surface area (Å²) in [6.07, 6.45) is 0.578. The van der Waals surface area contributed by atoms with Gasteiger partial charge in [0.15, 0.2) is 0 Å². The second-order valence-electron chi connectivity index (χ2n) is 5.70. The van der Waals surface area contributed by atoms with Gasteiger partial charge in [-0.05, 0) is 25.5 Å². The number of benzene rings is 1. The molecule has 8 nitrogen and oxygen atoms in total. The van der Waals surface area contributed by atoms with Crippen molar-refractivity contribution in [2.45, 2.75) is 31.5 Å². The van der Waals surface area contributed by atoms with Crippen molar-refractivity contribution in [1.29, 1.82) is 0 Å². The van der Waals surface area contributed by atoms with E-state index in [4.69, 9.17) is 9.15 Å². The summed E-state index contributed by atoms with van der Waals surface area (Å²) in [6.45, 7) is 3.90. The first-order chi connectivity index (χ1) is 13.1. The summed E-state index contributed by atoms with van der Waals surface area (Å²) in [6, 6.07) is 8.70. The SMILES string of the molecule is CCOC(=O)C1=C(CSc2nnc(-c3ccccc3)o2)NC(=O)NC1CC. The van der Waals surface area contributed by atoms with Crippen molar-refractivity contribution < 1.29 is 18.7 Å². The minimum Gasteiger partial charge on any atom is -0.463 e. The molecule has 1 aliphatic heterocycles. The van der Waals surface area contributed by atoms with Crippen LogP contribution in [0.25, 0.3) is 11.5 Å². The number of rotatable bonds is 7. The van der Waals surface area contributed by atoms with Crippen molar-refractivity contribution in [3.05, 3.63) is 41.6 Å². The van der Waals surface area contributed by atoms with Crippen LogP contribution in [0.3, 0.4) is 0 Å². The number of ether oxygens (including phenoxy) is 1. The van der Waals surface area contributed by atoms with Crippen molar-refractivity contribution in [2.75, 3.05) is 12.4 Å². The Balaban J connectivity index is 1.78. The fourth-order valence-corrected chi connectivity index (χ4v) is 3.41. The van der Waals surface area contributed by atoms with Gasteiger partial charge in [-0.15, -0.1) is 10.2 Å². The van der Waals surface area contributed by atoms with Gasteiger partial charge in [0.1, 0.15) is 0 Å². The highest BCUT2D eigenvalue weighted by molar-refractivity contribution is 7.99. The topological polar surface area (TPSA) is 106 Å². The molecule has 1 aromatic heterocycles. The van der Waals surface area contributed by atoms with Crippen LogP contribution in [0.5, 0.6) is 0 Å². The van der Waals surface area contributed by atoms with E-state index in [-0.39, 0.29) is 12.6 Å². The molecule has 2 heterocycles. The standard InChI is InChI=1S/C18H20N4O4S/c1-3-12-14(16(23)25-4-2)13(20-17(24)19-12)10-27-18-22-21-15(26-18)11-8-6-5-7-9-11/h5-9,12H,3-4,10H2,1-2H3,(H2,19,20,24). The minimum absolute atomic E-state index is 0.261. The molecule has 3 rings (SSSR count). The molecule has 2 N–H and O–H groups in total. The van der Waals surface area contributed by atoms with E-state index in [1.165, 1.54) is 11.8 Å². The zero-order valence-corrected chi connectivity index (χ0v) is 15.8. The highest BCUT2D eigenvalue weighted by Gasteiger charge is 2.31. The fourth-order valence-electron chi connectivity index (χ4n) is 2.67. The third-order valence-corrected chi connectivity index (χ3v) is 4.76. The van der Waals surface area contributed by atoms with Crippen LogP contribution in [-0.4, -0.2) is 40.6 Å². The van der Waals surface area contributed by atoms with Crippen LogP contribution in [-0.2, 0) is 9.53 Å². The molecule has 0 spiro atoms. The highest BCUT2D eigenvalue weighted by Crippen LogP contribution is 2.26. The van der Waals surface area contributed by atoms with Gasteiger partial charge in [-0.25, -0.2) is 9.59 Å². The molecule has 0 fully saturated rings. The van der Waals surface area contributed by atoms with Gasteiger partial charge >= 0.3 is 12.0 Å². The van der Waals surface area contributed by atoms with Crippen LogP contribution in [0.1, 0.15) is 20.3 Å². The van der Waals surface area contributed by atoms with Crippen LogP contribution >= 0.6 is 11.8 Å². The lowest BCUT2D eigenvalue weighted by molar-refractivity contribution is -0.139. The van der Waals surface area contributed by atoms with Gasteiger partial charge in [-0.3, -0.25) is 0 Å². The Morgan fingerprint density at radius 1 is 1.26 bits per heavy atom. The Bertz CT molecular complexity index is 850. The monoisotopic (exact) mass is 388 g/mol. The quantitative estimate of drug-likeness (QED) is 0.555. The van der Waals surface area contributed by atoms with E-state index in [0.29, 0.717) is 34.6 Å². The summed E-state index contributed by atoms with van der Waals surface area (Å²) in [5.74, 6) is 0.274. The first-order valence-corrected chi connectivity index (χ1v) is 9.60. The maximum atomic E-state index is 12.4. The summed E-state index contributed by atoms with van der Waals surface area (Å²) in [4.78, 5) is 24.3. The highest BCUT2D eigenvalue weighted by atomic mass is 32.2. The first kappa shape index (κ1) is 19.0. The van der Waals surface area contributed by atoms with Gasteiger partial charge in [0.25, 0.3) is 5.22 Å². The fraction of sp³-hybridized carbons (Fsp3) is 0.333. The molecular weight excluding hydrogens is 368 g/mol. The van der Waals surface area contributed by atoms with Gasteiger partial charge in [-0.1, -0.05) is 36.9 Å². The van der Waals surface area contributed by atoms with Crippen molar-refractivity contribution in [3.63, 3.8) is 0 Å². The number of hydrogen-bond donors (Lipinski definition) is 2. The Morgan fingerprint density at radius 2 is 2.04 bits per heavy atom. The Kier molecular flexibility index (Phi) is 6.12. The molecule has 27 heavy (non-hydrogen) atoms. The molecule has 1 unspecified atom stereocenters. The second kappa shape index (κ2) is 8.72. The normalized spacial score (nSPS) is 16.7. The van der Waals surface area contributed by atoms with E-state index in [1.807, 2.05) is 37.3 Å². The molecule has 1 aliphatic rings. The maximum absolute atomic E-state index is 12.4. The summed E-state index contributed by atoms with van der Waals surface area (Å²) in [7, 11) is 0. The second-order valence-corrected chi connectivity index (χ2v) is 6.63. The number of hydrogen-bond acceptors (Lipinski definition) is 7. The van der Waals surface area contributed by atoms with Crippen molar-refractivity contribution in [2.24, 2.45) is 0 Å². The number of carbonyl (C=O) groups is 2. The van der Waals surface area contributed by atoms with Crippen molar-refractivity contribution >= 4 is 23.8 Å². The van der Waals surface area contributed by atoms with Gasteiger partial charge < -0.3 is 19.8 Å². The van der Waals surface area contributed by atoms with Gasteiger partial charge in [0.05, 0.1) is 18.2 Å². The molecule has 1 atom stereocenters. The lowest BCUT2D eigenvalue weighted by Crippen LogP contribution is -2.50. The van der Waals surface area contributed by atoms with E-state index in [2.05, 4.69) is 20.8 Å². The average molecular weight is 388 g/mol. The summed E-state index contributed by atoms with van der Waals surface area (Å²) in [5.41, 5.74) is 1.74. The van der Waals surface area contributed by atoms with Crippen molar-refractivity contribution in [1.82, 2.24) is 20.8 Å². The van der Waals surface area contributed by atoms with Crippen LogP contribution in [0.4, 0.5) is 4.79 Å². The van der Waals surface area contributed by atoms with E-state index >= 15 is 0 Å². The lowest BCUT2D eigenvalue weighted by atomic mass is 10.0. The number of urea groups is 1. The molecule has 1 aromatic carbocycles. The molecule has 0 saturated heterocycles. The maximum Gasteiger partial charge on any atom is 0.337 e. The van der Waals surface area contributed by atoms with E-state index in [0.717, 1.165) is 5.56 Å². The van der Waals surface area contributed by atoms with E-state index < -0.39 is 12.0 Å². The summed E-state index contributed by atoms with van der Waals surface area (Å²) < 4.78 is 10.8. The predicted octanol–water partition coefficient (Wildman–Crippen LogP) is 2.74. The number of nitrogens with zero attached hydrogens (tertiary/aromatic N) is 2. The number of esters is 1.